The Labute approximate surface area is 109 Å². The van der Waals surface area contributed by atoms with Crippen molar-refractivity contribution in [3.8, 4) is 5.88 Å². The highest BCUT2D eigenvalue weighted by atomic mass is 16.5. The van der Waals surface area contributed by atoms with Gasteiger partial charge in [-0.2, -0.15) is 5.10 Å². The third-order valence-electron chi connectivity index (χ3n) is 3.17. The van der Waals surface area contributed by atoms with Crippen LogP contribution in [0.15, 0.2) is 0 Å². The highest BCUT2D eigenvalue weighted by Crippen LogP contribution is 2.20. The molecule has 0 aliphatic carbocycles. The monoisotopic (exact) mass is 255 g/mol. The quantitative estimate of drug-likeness (QED) is 0.720. The molecule has 0 bridgehead atoms. The lowest BCUT2D eigenvalue weighted by atomic mass is 10.0. The van der Waals surface area contributed by atoms with Crippen molar-refractivity contribution >= 4 is 0 Å². The van der Waals surface area contributed by atoms with Gasteiger partial charge in [0.2, 0.25) is 5.88 Å². The second-order valence-electron chi connectivity index (χ2n) is 4.97. The van der Waals surface area contributed by atoms with E-state index in [4.69, 9.17) is 4.74 Å². The molecule has 0 spiro atoms. The number of aliphatic hydroxyl groups excluding tert-OH is 1. The van der Waals surface area contributed by atoms with Crippen LogP contribution in [-0.4, -0.2) is 34.6 Å². The number of hydrogen-bond acceptors (Lipinski definition) is 4. The Morgan fingerprint density at radius 1 is 1.44 bits per heavy atom. The maximum atomic E-state index is 9.70. The molecule has 18 heavy (non-hydrogen) atoms. The molecule has 0 saturated heterocycles. The summed E-state index contributed by atoms with van der Waals surface area (Å²) < 4.78 is 7.07. The first-order valence-electron chi connectivity index (χ1n) is 6.42. The first-order valence-corrected chi connectivity index (χ1v) is 6.42. The fourth-order valence-electron chi connectivity index (χ4n) is 1.94. The minimum atomic E-state index is -0.241. The topological polar surface area (TPSA) is 59.3 Å². The highest BCUT2D eigenvalue weighted by Gasteiger charge is 2.13. The summed E-state index contributed by atoms with van der Waals surface area (Å²) in [6.45, 7) is 7.53. The summed E-state index contributed by atoms with van der Waals surface area (Å²) in [5.74, 6) is 1.10. The largest absolute Gasteiger partial charge is 0.481 e. The fourth-order valence-corrected chi connectivity index (χ4v) is 1.94. The number of hydrogen-bond donors (Lipinski definition) is 2. The van der Waals surface area contributed by atoms with Gasteiger partial charge in [-0.05, 0) is 25.8 Å². The molecule has 0 fully saturated rings. The predicted molar refractivity (Wildman–Crippen MR) is 71.7 cm³/mol. The van der Waals surface area contributed by atoms with Crippen LogP contribution in [0.2, 0.25) is 0 Å². The minimum absolute atomic E-state index is 0.241. The lowest BCUT2D eigenvalue weighted by molar-refractivity contribution is 0.116. The fraction of sp³-hybridized carbons (Fsp3) is 0.769. The van der Waals surface area contributed by atoms with Crippen molar-refractivity contribution in [2.45, 2.75) is 39.8 Å². The lowest BCUT2D eigenvalue weighted by Crippen LogP contribution is -2.23. The summed E-state index contributed by atoms with van der Waals surface area (Å²) in [4.78, 5) is 0. The van der Waals surface area contributed by atoms with Gasteiger partial charge in [0, 0.05) is 13.6 Å². The molecule has 0 saturated carbocycles. The molecule has 5 nitrogen and oxygen atoms in total. The Bertz CT molecular complexity index is 375. The Balaban J connectivity index is 2.44. The van der Waals surface area contributed by atoms with Gasteiger partial charge >= 0.3 is 0 Å². The van der Waals surface area contributed by atoms with Gasteiger partial charge in [0.05, 0.1) is 24.5 Å². The molecule has 0 aliphatic heterocycles. The van der Waals surface area contributed by atoms with Gasteiger partial charge < -0.3 is 15.2 Å². The number of ether oxygens (including phenoxy) is 1. The first kappa shape index (κ1) is 15.0. The zero-order valence-electron chi connectivity index (χ0n) is 12.0. The van der Waals surface area contributed by atoms with Crippen LogP contribution in [0.1, 0.15) is 31.5 Å². The highest BCUT2D eigenvalue weighted by molar-refractivity contribution is 5.30. The van der Waals surface area contributed by atoms with Crippen molar-refractivity contribution in [1.29, 1.82) is 0 Å². The molecule has 0 radical (unpaired) electrons. The lowest BCUT2D eigenvalue weighted by Gasteiger charge is -2.14. The van der Waals surface area contributed by atoms with E-state index in [1.54, 1.807) is 11.8 Å². The summed E-state index contributed by atoms with van der Waals surface area (Å²) >= 11 is 0. The number of methoxy groups -OCH3 is 1. The maximum absolute atomic E-state index is 9.70. The molecule has 104 valence electrons. The molecule has 5 heteroatoms. The van der Waals surface area contributed by atoms with Crippen molar-refractivity contribution in [1.82, 2.24) is 15.1 Å². The molecular weight excluding hydrogens is 230 g/mol. The molecule has 1 rings (SSSR count). The van der Waals surface area contributed by atoms with Gasteiger partial charge in [-0.1, -0.05) is 13.8 Å². The third-order valence-corrected chi connectivity index (χ3v) is 3.17. The number of aryl methyl sites for hydroxylation is 2. The van der Waals surface area contributed by atoms with Gasteiger partial charge in [-0.3, -0.25) is 0 Å². The van der Waals surface area contributed by atoms with E-state index in [2.05, 4.69) is 10.4 Å². The van der Waals surface area contributed by atoms with E-state index in [0.717, 1.165) is 30.1 Å². The third kappa shape index (κ3) is 3.71. The molecule has 0 amide bonds. The van der Waals surface area contributed by atoms with Crippen LogP contribution in [0.4, 0.5) is 0 Å². The van der Waals surface area contributed by atoms with E-state index in [0.29, 0.717) is 12.5 Å². The van der Waals surface area contributed by atoms with Gasteiger partial charge in [-0.15, -0.1) is 0 Å². The van der Waals surface area contributed by atoms with E-state index in [9.17, 15) is 5.11 Å². The van der Waals surface area contributed by atoms with E-state index < -0.39 is 0 Å². The number of aromatic nitrogens is 2. The molecular formula is C13H25N3O2. The summed E-state index contributed by atoms with van der Waals surface area (Å²) in [5, 5.41) is 17.4. The van der Waals surface area contributed by atoms with Crippen LogP contribution in [0.5, 0.6) is 5.88 Å². The SMILES string of the molecule is COc1c(CNCCC(O)C(C)C)c(C)nn1C. The molecule has 1 unspecified atom stereocenters. The van der Waals surface area contributed by atoms with Crippen molar-refractivity contribution in [2.75, 3.05) is 13.7 Å². The predicted octanol–water partition coefficient (Wildman–Crippen LogP) is 1.23. The Hall–Kier alpha value is -1.07. The molecule has 2 N–H and O–H groups in total. The summed E-state index contributed by atoms with van der Waals surface area (Å²) in [5.41, 5.74) is 2.06. The molecule has 1 atom stereocenters. The van der Waals surface area contributed by atoms with Crippen LogP contribution in [0, 0.1) is 12.8 Å². The van der Waals surface area contributed by atoms with Gasteiger partial charge in [0.1, 0.15) is 0 Å². The van der Waals surface area contributed by atoms with E-state index >= 15 is 0 Å². The van der Waals surface area contributed by atoms with E-state index in [-0.39, 0.29) is 6.10 Å². The van der Waals surface area contributed by atoms with Crippen LogP contribution in [0.25, 0.3) is 0 Å². The number of nitrogens with zero attached hydrogens (tertiary/aromatic N) is 2. The van der Waals surface area contributed by atoms with Crippen molar-refractivity contribution in [3.05, 3.63) is 11.3 Å². The molecule has 1 heterocycles. The summed E-state index contributed by atoms with van der Waals surface area (Å²) in [6, 6.07) is 0. The van der Waals surface area contributed by atoms with Gasteiger partial charge in [-0.25, -0.2) is 4.68 Å². The molecule has 1 aromatic heterocycles. The van der Waals surface area contributed by atoms with Crippen molar-refractivity contribution < 1.29 is 9.84 Å². The summed E-state index contributed by atoms with van der Waals surface area (Å²) in [6.07, 6.45) is 0.522. The Morgan fingerprint density at radius 2 is 2.11 bits per heavy atom. The van der Waals surface area contributed by atoms with Gasteiger partial charge in [0.15, 0.2) is 0 Å². The standard InChI is InChI=1S/C13H25N3O2/c1-9(2)12(17)6-7-14-8-11-10(3)15-16(4)13(11)18-5/h9,12,14,17H,6-8H2,1-5H3. The van der Waals surface area contributed by atoms with Crippen LogP contribution in [-0.2, 0) is 13.6 Å². The maximum Gasteiger partial charge on any atom is 0.216 e. The molecule has 1 aromatic rings. The number of nitrogens with one attached hydrogen (secondary N) is 1. The zero-order chi connectivity index (χ0) is 13.7. The van der Waals surface area contributed by atoms with Crippen LogP contribution in [0.3, 0.4) is 0 Å². The van der Waals surface area contributed by atoms with E-state index in [1.807, 2.05) is 27.8 Å². The smallest absolute Gasteiger partial charge is 0.216 e. The number of rotatable bonds is 7. The second kappa shape index (κ2) is 6.75. The second-order valence-corrected chi connectivity index (χ2v) is 4.97. The van der Waals surface area contributed by atoms with Crippen LogP contribution >= 0.6 is 0 Å². The van der Waals surface area contributed by atoms with Crippen molar-refractivity contribution in [2.24, 2.45) is 13.0 Å². The van der Waals surface area contributed by atoms with Gasteiger partial charge in [0.25, 0.3) is 0 Å². The van der Waals surface area contributed by atoms with Crippen LogP contribution < -0.4 is 10.1 Å². The van der Waals surface area contributed by atoms with Crippen molar-refractivity contribution in [3.63, 3.8) is 0 Å². The Morgan fingerprint density at radius 3 is 2.67 bits per heavy atom. The summed E-state index contributed by atoms with van der Waals surface area (Å²) in [7, 11) is 3.53. The average molecular weight is 255 g/mol. The minimum Gasteiger partial charge on any atom is -0.481 e. The zero-order valence-corrected chi connectivity index (χ0v) is 12.0. The first-order chi connectivity index (χ1) is 8.47. The Kier molecular flexibility index (Phi) is 5.62. The normalized spacial score (nSPS) is 13.1. The van der Waals surface area contributed by atoms with E-state index in [1.165, 1.54) is 0 Å². The number of aliphatic hydroxyl groups is 1. The molecule has 0 aliphatic rings. The molecule has 0 aromatic carbocycles. The average Bonchev–Trinajstić information content (AvgIpc) is 2.58.